The van der Waals surface area contributed by atoms with Gasteiger partial charge in [0.2, 0.25) is 5.76 Å². The Morgan fingerprint density at radius 2 is 1.93 bits per heavy atom. The minimum atomic E-state index is -0.877. The lowest BCUT2D eigenvalue weighted by Gasteiger charge is -2.24. The van der Waals surface area contributed by atoms with Crippen LogP contribution in [0.15, 0.2) is 70.0 Å². The molecule has 30 heavy (non-hydrogen) atoms. The van der Waals surface area contributed by atoms with Gasteiger partial charge in [-0.15, -0.1) is 0 Å². The number of hydrogen-bond donors (Lipinski definition) is 1. The van der Waals surface area contributed by atoms with Gasteiger partial charge in [0.05, 0.1) is 17.0 Å². The van der Waals surface area contributed by atoms with E-state index in [-0.39, 0.29) is 28.0 Å². The van der Waals surface area contributed by atoms with Gasteiger partial charge in [-0.25, -0.2) is 9.37 Å². The van der Waals surface area contributed by atoms with E-state index in [1.165, 1.54) is 29.2 Å². The van der Waals surface area contributed by atoms with E-state index in [0.717, 1.165) is 11.6 Å². The number of halogens is 1. The van der Waals surface area contributed by atoms with Crippen LogP contribution >= 0.6 is 0 Å². The Balaban J connectivity index is 1.84. The van der Waals surface area contributed by atoms with E-state index in [4.69, 9.17) is 4.42 Å². The average molecular weight is 402 g/mol. The summed E-state index contributed by atoms with van der Waals surface area (Å²) in [4.78, 5) is 32.4. The minimum absolute atomic E-state index is 0.0122. The summed E-state index contributed by atoms with van der Waals surface area (Å²) in [5.41, 5.74) is 1.11. The first-order valence-corrected chi connectivity index (χ1v) is 9.25. The smallest absolute Gasteiger partial charge is 0.296 e. The van der Waals surface area contributed by atoms with Gasteiger partial charge < -0.3 is 9.52 Å². The first-order valence-electron chi connectivity index (χ1n) is 9.25. The summed E-state index contributed by atoms with van der Waals surface area (Å²) in [7, 11) is 0. The molecule has 4 aromatic rings. The van der Waals surface area contributed by atoms with E-state index in [0.29, 0.717) is 11.4 Å². The molecule has 2 aromatic carbocycles. The number of aryl methyl sites for hydroxylation is 1. The number of carbonyl (C=O) groups excluding carboxylic acids is 1. The normalized spacial score (nSPS) is 15.6. The zero-order chi connectivity index (χ0) is 21.0. The Labute approximate surface area is 169 Å². The molecule has 2 aromatic heterocycles. The standard InChI is InChI=1S/C23H15FN2O4/c1-12-7-8-25-18(9-12)26-20(13-3-2-4-15(27)10-13)19-21(28)16-11-14(24)5-6-17(16)30-22(19)23(26)29/h2-11,20,27H,1H3. The summed E-state index contributed by atoms with van der Waals surface area (Å²) < 4.78 is 19.6. The number of phenolic OH excluding ortho intramolecular Hbond substituents is 1. The van der Waals surface area contributed by atoms with Gasteiger partial charge in [-0.05, 0) is 60.5 Å². The number of phenols is 1. The van der Waals surface area contributed by atoms with Crippen LogP contribution in [0.1, 0.15) is 33.3 Å². The molecule has 1 aliphatic rings. The van der Waals surface area contributed by atoms with Gasteiger partial charge in [0, 0.05) is 6.20 Å². The number of anilines is 1. The van der Waals surface area contributed by atoms with Crippen LogP contribution in [0.25, 0.3) is 11.0 Å². The first-order chi connectivity index (χ1) is 14.4. The van der Waals surface area contributed by atoms with Crippen LogP contribution in [0.2, 0.25) is 0 Å². The highest BCUT2D eigenvalue weighted by Gasteiger charge is 2.44. The summed E-state index contributed by atoms with van der Waals surface area (Å²) >= 11 is 0. The monoisotopic (exact) mass is 402 g/mol. The molecule has 6 nitrogen and oxygen atoms in total. The SMILES string of the molecule is Cc1ccnc(N2C(=O)c3oc4ccc(F)cc4c(=O)c3C2c2cccc(O)c2)c1. The van der Waals surface area contributed by atoms with E-state index in [9.17, 15) is 19.1 Å². The maximum absolute atomic E-state index is 13.8. The van der Waals surface area contributed by atoms with Crippen molar-refractivity contribution in [2.75, 3.05) is 4.90 Å². The number of aromatic nitrogens is 1. The molecule has 1 amide bonds. The Kier molecular flexibility index (Phi) is 3.92. The molecular weight excluding hydrogens is 387 g/mol. The van der Waals surface area contributed by atoms with Crippen molar-refractivity contribution in [3.8, 4) is 5.75 Å². The number of benzene rings is 2. The maximum atomic E-state index is 13.8. The van der Waals surface area contributed by atoms with Gasteiger partial charge in [0.15, 0.2) is 5.43 Å². The van der Waals surface area contributed by atoms with Crippen molar-refractivity contribution in [3.05, 3.63) is 99.3 Å². The molecule has 1 unspecified atom stereocenters. The summed E-state index contributed by atoms with van der Waals surface area (Å²) in [6.07, 6.45) is 1.57. The van der Waals surface area contributed by atoms with E-state index >= 15 is 0 Å². The third-order valence-corrected chi connectivity index (χ3v) is 5.17. The van der Waals surface area contributed by atoms with Crippen molar-refractivity contribution >= 4 is 22.7 Å². The number of rotatable bonds is 2. The lowest BCUT2D eigenvalue weighted by atomic mass is 9.98. The fraction of sp³-hybridized carbons (Fsp3) is 0.0870. The summed E-state index contributed by atoms with van der Waals surface area (Å²) in [5.74, 6) is -0.892. The van der Waals surface area contributed by atoms with E-state index in [2.05, 4.69) is 4.98 Å². The fourth-order valence-electron chi connectivity index (χ4n) is 3.84. The van der Waals surface area contributed by atoms with Crippen molar-refractivity contribution in [2.45, 2.75) is 13.0 Å². The molecule has 0 bridgehead atoms. The number of amides is 1. The van der Waals surface area contributed by atoms with Crippen LogP contribution < -0.4 is 10.3 Å². The summed E-state index contributed by atoms with van der Waals surface area (Å²) in [6.45, 7) is 1.86. The summed E-state index contributed by atoms with van der Waals surface area (Å²) in [6, 6.07) is 12.5. The number of carbonyl (C=O) groups is 1. The van der Waals surface area contributed by atoms with Crippen LogP contribution in [-0.2, 0) is 0 Å². The number of nitrogens with zero attached hydrogens (tertiary/aromatic N) is 2. The van der Waals surface area contributed by atoms with Gasteiger partial charge in [-0.3, -0.25) is 14.5 Å². The average Bonchev–Trinajstić information content (AvgIpc) is 3.01. The number of fused-ring (bicyclic) bond motifs is 2. The van der Waals surface area contributed by atoms with Crippen LogP contribution in [-0.4, -0.2) is 16.0 Å². The topological polar surface area (TPSA) is 83.6 Å². The Morgan fingerprint density at radius 1 is 1.10 bits per heavy atom. The van der Waals surface area contributed by atoms with Gasteiger partial charge in [-0.2, -0.15) is 0 Å². The quantitative estimate of drug-likeness (QED) is 0.546. The molecule has 7 heteroatoms. The van der Waals surface area contributed by atoms with Crippen LogP contribution in [0.4, 0.5) is 10.2 Å². The molecule has 0 fully saturated rings. The lowest BCUT2D eigenvalue weighted by molar-refractivity contribution is 0.0970. The van der Waals surface area contributed by atoms with Gasteiger partial charge in [0.25, 0.3) is 5.91 Å². The second-order valence-electron chi connectivity index (χ2n) is 7.18. The molecule has 0 saturated carbocycles. The Bertz CT molecular complexity index is 1400. The molecule has 1 atom stereocenters. The van der Waals surface area contributed by atoms with Crippen molar-refractivity contribution in [1.82, 2.24) is 4.98 Å². The molecular formula is C23H15FN2O4. The highest BCUT2D eigenvalue weighted by molar-refractivity contribution is 6.10. The highest BCUT2D eigenvalue weighted by Crippen LogP contribution is 2.41. The molecule has 0 spiro atoms. The zero-order valence-electron chi connectivity index (χ0n) is 15.8. The van der Waals surface area contributed by atoms with Crippen molar-refractivity contribution in [1.29, 1.82) is 0 Å². The van der Waals surface area contributed by atoms with Crippen LogP contribution in [0.3, 0.4) is 0 Å². The molecule has 0 saturated heterocycles. The first kappa shape index (κ1) is 18.1. The van der Waals surface area contributed by atoms with Gasteiger partial charge in [-0.1, -0.05) is 12.1 Å². The molecule has 148 valence electrons. The second-order valence-corrected chi connectivity index (χ2v) is 7.18. The van der Waals surface area contributed by atoms with E-state index < -0.39 is 23.2 Å². The third-order valence-electron chi connectivity index (χ3n) is 5.17. The fourth-order valence-corrected chi connectivity index (χ4v) is 3.84. The van der Waals surface area contributed by atoms with E-state index in [1.54, 1.807) is 30.5 Å². The number of pyridine rings is 1. The highest BCUT2D eigenvalue weighted by atomic mass is 19.1. The number of hydrogen-bond acceptors (Lipinski definition) is 5. The zero-order valence-corrected chi connectivity index (χ0v) is 15.8. The van der Waals surface area contributed by atoms with Crippen molar-refractivity contribution < 1.29 is 18.7 Å². The maximum Gasteiger partial charge on any atom is 0.296 e. The van der Waals surface area contributed by atoms with Crippen LogP contribution in [0.5, 0.6) is 5.75 Å². The largest absolute Gasteiger partial charge is 0.508 e. The lowest BCUT2D eigenvalue weighted by Crippen LogP contribution is -2.30. The van der Waals surface area contributed by atoms with E-state index in [1.807, 2.05) is 6.92 Å². The second kappa shape index (κ2) is 6.52. The molecule has 3 heterocycles. The molecule has 1 aliphatic heterocycles. The molecule has 0 radical (unpaired) electrons. The minimum Gasteiger partial charge on any atom is -0.508 e. The predicted molar refractivity (Wildman–Crippen MR) is 108 cm³/mol. The Morgan fingerprint density at radius 3 is 2.70 bits per heavy atom. The molecule has 5 rings (SSSR count). The van der Waals surface area contributed by atoms with Crippen molar-refractivity contribution in [3.63, 3.8) is 0 Å². The summed E-state index contributed by atoms with van der Waals surface area (Å²) in [5, 5.41) is 10.0. The van der Waals surface area contributed by atoms with Gasteiger partial charge in [0.1, 0.15) is 23.0 Å². The predicted octanol–water partition coefficient (Wildman–Crippen LogP) is 4.09. The Hall–Kier alpha value is -4.00. The van der Waals surface area contributed by atoms with Crippen LogP contribution in [0, 0.1) is 12.7 Å². The van der Waals surface area contributed by atoms with Crippen molar-refractivity contribution in [2.24, 2.45) is 0 Å². The molecule has 1 N–H and O–H groups in total. The third kappa shape index (κ3) is 2.67. The molecule has 0 aliphatic carbocycles. The van der Waals surface area contributed by atoms with Gasteiger partial charge >= 0.3 is 0 Å². The number of aromatic hydroxyl groups is 1.